The molecule has 0 atom stereocenters. The summed E-state index contributed by atoms with van der Waals surface area (Å²) >= 11 is 17.8. The van der Waals surface area contributed by atoms with E-state index in [9.17, 15) is 13.2 Å². The van der Waals surface area contributed by atoms with E-state index in [1.165, 1.54) is 38.4 Å². The SMILES string of the molecule is CN(C)S(=O)(=O)c1cc(C(=O)Nc2cc(Cl)ccc2Cl)ccc1Cl. The molecular weight excluding hydrogens is 395 g/mol. The van der Waals surface area contributed by atoms with Crippen molar-refractivity contribution in [2.45, 2.75) is 4.90 Å². The Kier molecular flexibility index (Phi) is 5.78. The van der Waals surface area contributed by atoms with E-state index in [0.717, 1.165) is 4.31 Å². The van der Waals surface area contributed by atoms with Crippen molar-refractivity contribution in [2.24, 2.45) is 0 Å². The van der Waals surface area contributed by atoms with Gasteiger partial charge in [0.05, 0.1) is 15.7 Å². The first-order valence-corrected chi connectivity index (χ1v) is 9.19. The monoisotopic (exact) mass is 406 g/mol. The number of amides is 1. The van der Waals surface area contributed by atoms with Gasteiger partial charge in [0.15, 0.2) is 0 Å². The molecule has 9 heteroatoms. The summed E-state index contributed by atoms with van der Waals surface area (Å²) in [5, 5.41) is 3.33. The Bertz CT molecular complexity index is 899. The molecule has 2 aromatic rings. The van der Waals surface area contributed by atoms with Gasteiger partial charge in [0, 0.05) is 24.7 Å². The lowest BCUT2D eigenvalue weighted by atomic mass is 10.2. The van der Waals surface area contributed by atoms with Crippen molar-refractivity contribution in [3.63, 3.8) is 0 Å². The summed E-state index contributed by atoms with van der Waals surface area (Å²) in [7, 11) is -1.02. The normalized spacial score (nSPS) is 11.6. The summed E-state index contributed by atoms with van der Waals surface area (Å²) < 4.78 is 25.5. The third-order valence-corrected chi connectivity index (χ3v) is 5.99. The number of nitrogens with one attached hydrogen (secondary N) is 1. The zero-order chi connectivity index (χ0) is 18.1. The maximum absolute atomic E-state index is 12.4. The molecule has 0 aliphatic heterocycles. The second-order valence-corrected chi connectivity index (χ2v) is 8.38. The molecule has 2 aromatic carbocycles. The molecule has 0 radical (unpaired) electrons. The number of sulfonamides is 1. The number of carbonyl (C=O) groups excluding carboxylic acids is 1. The van der Waals surface area contributed by atoms with Crippen LogP contribution in [0.25, 0.3) is 0 Å². The zero-order valence-electron chi connectivity index (χ0n) is 12.7. The van der Waals surface area contributed by atoms with E-state index in [-0.39, 0.29) is 15.5 Å². The summed E-state index contributed by atoms with van der Waals surface area (Å²) in [4.78, 5) is 12.2. The number of benzene rings is 2. The van der Waals surface area contributed by atoms with Gasteiger partial charge >= 0.3 is 0 Å². The van der Waals surface area contributed by atoms with Crippen molar-refractivity contribution in [2.75, 3.05) is 19.4 Å². The van der Waals surface area contributed by atoms with Gasteiger partial charge in [-0.2, -0.15) is 0 Å². The number of nitrogens with zero attached hydrogens (tertiary/aromatic N) is 1. The van der Waals surface area contributed by atoms with Crippen LogP contribution in [-0.4, -0.2) is 32.7 Å². The number of halogens is 3. The van der Waals surface area contributed by atoms with Crippen molar-refractivity contribution >= 4 is 56.4 Å². The molecule has 0 heterocycles. The number of anilines is 1. The Morgan fingerprint density at radius 2 is 1.62 bits per heavy atom. The van der Waals surface area contributed by atoms with Crippen molar-refractivity contribution in [1.29, 1.82) is 0 Å². The molecule has 0 unspecified atom stereocenters. The predicted molar refractivity (Wildman–Crippen MR) is 96.7 cm³/mol. The second-order valence-electron chi connectivity index (χ2n) is 5.01. The van der Waals surface area contributed by atoms with Crippen LogP contribution < -0.4 is 5.32 Å². The summed E-state index contributed by atoms with van der Waals surface area (Å²) in [5.41, 5.74) is 0.442. The van der Waals surface area contributed by atoms with Gasteiger partial charge in [0.2, 0.25) is 10.0 Å². The highest BCUT2D eigenvalue weighted by atomic mass is 35.5. The number of hydrogen-bond donors (Lipinski definition) is 1. The van der Waals surface area contributed by atoms with Gasteiger partial charge in [-0.15, -0.1) is 0 Å². The third-order valence-electron chi connectivity index (χ3n) is 3.13. The molecule has 0 bridgehead atoms. The molecule has 1 N–H and O–H groups in total. The molecule has 0 aromatic heterocycles. The predicted octanol–water partition coefficient (Wildman–Crippen LogP) is 4.15. The van der Waals surface area contributed by atoms with Gasteiger partial charge in [-0.3, -0.25) is 4.79 Å². The second kappa shape index (κ2) is 7.29. The maximum atomic E-state index is 12.4. The highest BCUT2D eigenvalue weighted by Crippen LogP contribution is 2.28. The first-order chi connectivity index (χ1) is 11.1. The maximum Gasteiger partial charge on any atom is 0.255 e. The van der Waals surface area contributed by atoms with Gasteiger partial charge in [-0.25, -0.2) is 12.7 Å². The van der Waals surface area contributed by atoms with E-state index < -0.39 is 15.9 Å². The average molecular weight is 408 g/mol. The molecule has 1 amide bonds. The fraction of sp³-hybridized carbons (Fsp3) is 0.133. The lowest BCUT2D eigenvalue weighted by Gasteiger charge is -2.14. The Hall–Kier alpha value is -1.31. The zero-order valence-corrected chi connectivity index (χ0v) is 15.8. The van der Waals surface area contributed by atoms with Crippen LogP contribution in [0.5, 0.6) is 0 Å². The van der Waals surface area contributed by atoms with Crippen LogP contribution in [0.15, 0.2) is 41.3 Å². The van der Waals surface area contributed by atoms with Crippen LogP contribution in [0.3, 0.4) is 0 Å². The molecule has 24 heavy (non-hydrogen) atoms. The van der Waals surface area contributed by atoms with Crippen LogP contribution >= 0.6 is 34.8 Å². The van der Waals surface area contributed by atoms with E-state index in [0.29, 0.717) is 15.7 Å². The van der Waals surface area contributed by atoms with Gasteiger partial charge in [-0.05, 0) is 36.4 Å². The number of carbonyl (C=O) groups is 1. The minimum Gasteiger partial charge on any atom is -0.321 e. The molecular formula is C15H13Cl3N2O3S. The number of hydrogen-bond acceptors (Lipinski definition) is 3. The highest BCUT2D eigenvalue weighted by Gasteiger charge is 2.22. The van der Waals surface area contributed by atoms with E-state index in [1.54, 1.807) is 12.1 Å². The third kappa shape index (κ3) is 4.02. The molecule has 0 spiro atoms. The van der Waals surface area contributed by atoms with Gasteiger partial charge in [0.1, 0.15) is 4.90 Å². The van der Waals surface area contributed by atoms with Crippen LogP contribution in [-0.2, 0) is 10.0 Å². The molecule has 0 aliphatic carbocycles. The Morgan fingerprint density at radius 3 is 2.25 bits per heavy atom. The highest BCUT2D eigenvalue weighted by molar-refractivity contribution is 7.89. The molecule has 0 saturated heterocycles. The van der Waals surface area contributed by atoms with Crippen LogP contribution in [0, 0.1) is 0 Å². The number of rotatable bonds is 4. The average Bonchev–Trinajstić information content (AvgIpc) is 2.50. The van der Waals surface area contributed by atoms with Crippen LogP contribution in [0.2, 0.25) is 15.1 Å². The summed E-state index contributed by atoms with van der Waals surface area (Å²) in [6, 6.07) is 8.62. The summed E-state index contributed by atoms with van der Waals surface area (Å²) in [6.45, 7) is 0. The lowest BCUT2D eigenvalue weighted by molar-refractivity contribution is 0.102. The van der Waals surface area contributed by atoms with Crippen LogP contribution in [0.4, 0.5) is 5.69 Å². The van der Waals surface area contributed by atoms with Crippen molar-refractivity contribution in [1.82, 2.24) is 4.31 Å². The van der Waals surface area contributed by atoms with E-state index in [2.05, 4.69) is 5.32 Å². The molecule has 2 rings (SSSR count). The minimum absolute atomic E-state index is 0.0287. The minimum atomic E-state index is -3.78. The standard InChI is InChI=1S/C15H13Cl3N2O3S/c1-20(2)24(22,23)14-7-9(3-5-12(14)18)15(21)19-13-8-10(16)4-6-11(13)17/h3-8H,1-2H3,(H,19,21). The van der Waals surface area contributed by atoms with Gasteiger partial charge in [-0.1, -0.05) is 34.8 Å². The van der Waals surface area contributed by atoms with Crippen molar-refractivity contribution in [3.05, 3.63) is 57.0 Å². The van der Waals surface area contributed by atoms with Crippen molar-refractivity contribution in [3.8, 4) is 0 Å². The Morgan fingerprint density at radius 1 is 1.00 bits per heavy atom. The lowest BCUT2D eigenvalue weighted by Crippen LogP contribution is -2.23. The smallest absolute Gasteiger partial charge is 0.255 e. The largest absolute Gasteiger partial charge is 0.321 e. The molecule has 0 saturated carbocycles. The molecule has 128 valence electrons. The Labute approximate surface area is 155 Å². The quantitative estimate of drug-likeness (QED) is 0.828. The van der Waals surface area contributed by atoms with Gasteiger partial charge in [0.25, 0.3) is 5.91 Å². The van der Waals surface area contributed by atoms with E-state index >= 15 is 0 Å². The topological polar surface area (TPSA) is 66.5 Å². The molecule has 0 aliphatic rings. The Balaban J connectivity index is 2.39. The fourth-order valence-electron chi connectivity index (χ4n) is 1.83. The van der Waals surface area contributed by atoms with Gasteiger partial charge < -0.3 is 5.32 Å². The first-order valence-electron chi connectivity index (χ1n) is 6.61. The van der Waals surface area contributed by atoms with E-state index in [1.807, 2.05) is 0 Å². The summed E-state index contributed by atoms with van der Waals surface area (Å²) in [5.74, 6) is -0.536. The van der Waals surface area contributed by atoms with E-state index in [4.69, 9.17) is 34.8 Å². The van der Waals surface area contributed by atoms with Crippen LogP contribution in [0.1, 0.15) is 10.4 Å². The molecule has 0 fully saturated rings. The fourth-order valence-corrected chi connectivity index (χ4v) is 3.56. The van der Waals surface area contributed by atoms with Crippen molar-refractivity contribution < 1.29 is 13.2 Å². The summed E-state index contributed by atoms with van der Waals surface area (Å²) in [6.07, 6.45) is 0. The first kappa shape index (κ1) is 19.0. The molecule has 5 nitrogen and oxygen atoms in total.